The Morgan fingerprint density at radius 1 is 0.926 bits per heavy atom. The molecule has 1 radical (unpaired) electrons. The first kappa shape index (κ1) is 17.7. The smallest absolute Gasteiger partial charge is 0.120 e. The van der Waals surface area contributed by atoms with E-state index in [0.29, 0.717) is 0 Å². The van der Waals surface area contributed by atoms with Crippen molar-refractivity contribution in [3.63, 3.8) is 0 Å². The van der Waals surface area contributed by atoms with Crippen molar-refractivity contribution in [1.29, 1.82) is 0 Å². The minimum Gasteiger partial charge on any atom is -0.501 e. The molecule has 0 atom stereocenters. The van der Waals surface area contributed by atoms with Gasteiger partial charge in [-0.25, -0.2) is 0 Å². The topological polar surface area (TPSA) is 31.0 Å². The molecule has 4 heteroatoms. The fraction of sp³-hybridized carbons (Fsp3) is 0.0870. The number of rotatable bonds is 2. The van der Waals surface area contributed by atoms with E-state index in [2.05, 4.69) is 59.8 Å². The maximum absolute atomic E-state index is 6.17. The summed E-state index contributed by atoms with van der Waals surface area (Å²) in [5, 5.41) is 2.20. The Bertz CT molecular complexity index is 1250. The molecule has 0 bridgehead atoms. The third-order valence-electron chi connectivity index (χ3n) is 4.88. The van der Waals surface area contributed by atoms with Crippen molar-refractivity contribution in [2.75, 3.05) is 0 Å². The third-order valence-corrected chi connectivity index (χ3v) is 4.88. The van der Waals surface area contributed by atoms with Crippen molar-refractivity contribution in [2.45, 2.75) is 13.8 Å². The van der Waals surface area contributed by atoms with Crippen LogP contribution in [-0.4, -0.2) is 9.55 Å². The van der Waals surface area contributed by atoms with Gasteiger partial charge in [-0.15, -0.1) is 18.2 Å². The van der Waals surface area contributed by atoms with Gasteiger partial charge in [0.1, 0.15) is 5.58 Å². The van der Waals surface area contributed by atoms with Crippen LogP contribution in [0, 0.1) is 19.9 Å². The number of fused-ring (bicyclic) bond motifs is 3. The number of para-hydroxylation sites is 2. The predicted octanol–water partition coefficient (Wildman–Crippen LogP) is 5.85. The van der Waals surface area contributed by atoms with Gasteiger partial charge in [-0.05, 0) is 31.0 Å². The van der Waals surface area contributed by atoms with E-state index >= 15 is 0 Å². The molecule has 27 heavy (non-hydrogen) atoms. The molecule has 2 heterocycles. The molecule has 0 spiro atoms. The van der Waals surface area contributed by atoms with Crippen molar-refractivity contribution in [2.24, 2.45) is 0 Å². The number of aryl methyl sites for hydroxylation is 2. The normalized spacial score (nSPS) is 11.0. The third kappa shape index (κ3) is 2.73. The molecule has 135 valence electrons. The molecule has 5 rings (SSSR count). The molecule has 3 nitrogen and oxygen atoms in total. The van der Waals surface area contributed by atoms with Crippen LogP contribution in [0.4, 0.5) is 0 Å². The first-order chi connectivity index (χ1) is 12.7. The molecule has 0 aliphatic carbocycles. The molecule has 0 saturated heterocycles. The summed E-state index contributed by atoms with van der Waals surface area (Å²) in [5.41, 5.74) is 6.16. The molecule has 5 aromatic rings. The molecule has 0 aliphatic heterocycles. The first-order valence-corrected chi connectivity index (χ1v) is 8.66. The summed E-state index contributed by atoms with van der Waals surface area (Å²) in [6.07, 6.45) is 3.83. The molecule has 0 saturated carbocycles. The van der Waals surface area contributed by atoms with Gasteiger partial charge in [0.05, 0.1) is 11.4 Å². The summed E-state index contributed by atoms with van der Waals surface area (Å²) in [6, 6.07) is 21.8. The summed E-state index contributed by atoms with van der Waals surface area (Å²) < 4.78 is 8.30. The van der Waals surface area contributed by atoms with E-state index in [0.717, 1.165) is 39.0 Å². The Labute approximate surface area is 171 Å². The number of hydrogen-bond acceptors (Lipinski definition) is 2. The fourth-order valence-corrected chi connectivity index (χ4v) is 3.71. The van der Waals surface area contributed by atoms with Crippen LogP contribution >= 0.6 is 0 Å². The van der Waals surface area contributed by atoms with Crippen LogP contribution in [0.5, 0.6) is 0 Å². The van der Waals surface area contributed by atoms with E-state index in [9.17, 15) is 0 Å². The van der Waals surface area contributed by atoms with Crippen LogP contribution in [-0.2, 0) is 20.1 Å². The first-order valence-electron chi connectivity index (χ1n) is 8.66. The Balaban J connectivity index is 0.00000180. The summed E-state index contributed by atoms with van der Waals surface area (Å²) in [4.78, 5) is 4.64. The van der Waals surface area contributed by atoms with E-state index in [-0.39, 0.29) is 20.1 Å². The van der Waals surface area contributed by atoms with Crippen molar-refractivity contribution in [1.82, 2.24) is 9.55 Å². The average molecular weight is 530 g/mol. The number of aromatic nitrogens is 2. The molecule has 0 aliphatic rings. The van der Waals surface area contributed by atoms with Gasteiger partial charge in [0.15, 0.2) is 0 Å². The molecule has 0 fully saturated rings. The summed E-state index contributed by atoms with van der Waals surface area (Å²) in [6.45, 7) is 4.25. The second-order valence-corrected chi connectivity index (χ2v) is 6.55. The molecular formula is C23H17IrN2O-. The van der Waals surface area contributed by atoms with Crippen molar-refractivity contribution >= 4 is 21.9 Å². The number of benzene rings is 3. The van der Waals surface area contributed by atoms with E-state index in [4.69, 9.17) is 4.42 Å². The Morgan fingerprint density at radius 3 is 2.52 bits per heavy atom. The Hall–Kier alpha value is -2.68. The van der Waals surface area contributed by atoms with Crippen LogP contribution < -0.4 is 0 Å². The van der Waals surface area contributed by atoms with E-state index in [1.807, 2.05) is 36.7 Å². The van der Waals surface area contributed by atoms with Crippen LogP contribution in [0.25, 0.3) is 39.0 Å². The SMILES string of the molecule is Cc1cccc(C)c1-n1ccnc1-c1[c-]ccc2c1oc1ccccc12.[Ir]. The molecule has 3 aromatic carbocycles. The fourth-order valence-electron chi connectivity index (χ4n) is 3.71. The van der Waals surface area contributed by atoms with Gasteiger partial charge >= 0.3 is 0 Å². The average Bonchev–Trinajstić information content (AvgIpc) is 3.26. The molecular weight excluding hydrogens is 512 g/mol. The maximum atomic E-state index is 6.17. The quantitative estimate of drug-likeness (QED) is 0.269. The van der Waals surface area contributed by atoms with Gasteiger partial charge in [0.25, 0.3) is 0 Å². The van der Waals surface area contributed by atoms with Gasteiger partial charge in [0, 0.05) is 43.6 Å². The van der Waals surface area contributed by atoms with Crippen LogP contribution in [0.3, 0.4) is 0 Å². The number of furan rings is 1. The molecule has 0 amide bonds. The second kappa shape index (κ2) is 6.80. The van der Waals surface area contributed by atoms with Crippen molar-refractivity contribution < 1.29 is 24.5 Å². The number of nitrogens with zero attached hydrogens (tertiary/aromatic N) is 2. The summed E-state index contributed by atoms with van der Waals surface area (Å²) >= 11 is 0. The largest absolute Gasteiger partial charge is 0.501 e. The van der Waals surface area contributed by atoms with Crippen LogP contribution in [0.15, 0.2) is 71.4 Å². The minimum absolute atomic E-state index is 0. The van der Waals surface area contributed by atoms with Crippen molar-refractivity contribution in [3.8, 4) is 17.1 Å². The van der Waals surface area contributed by atoms with Crippen molar-refractivity contribution in [3.05, 3.63) is 84.2 Å². The Morgan fingerprint density at radius 2 is 1.70 bits per heavy atom. The molecule has 0 N–H and O–H groups in total. The van der Waals surface area contributed by atoms with Crippen LogP contribution in [0.2, 0.25) is 0 Å². The predicted molar refractivity (Wildman–Crippen MR) is 105 cm³/mol. The number of hydrogen-bond donors (Lipinski definition) is 0. The zero-order valence-electron chi connectivity index (χ0n) is 15.0. The zero-order valence-corrected chi connectivity index (χ0v) is 17.4. The van der Waals surface area contributed by atoms with Gasteiger partial charge in [-0.1, -0.05) is 47.3 Å². The summed E-state index contributed by atoms with van der Waals surface area (Å²) in [7, 11) is 0. The van der Waals surface area contributed by atoms with Gasteiger partial charge < -0.3 is 8.98 Å². The van der Waals surface area contributed by atoms with Gasteiger partial charge in [0.2, 0.25) is 0 Å². The second-order valence-electron chi connectivity index (χ2n) is 6.55. The van der Waals surface area contributed by atoms with Gasteiger partial charge in [-0.3, -0.25) is 4.98 Å². The van der Waals surface area contributed by atoms with E-state index in [1.54, 1.807) is 0 Å². The standard InChI is InChI=1S/C23H17N2O.Ir/c1-15-7-5-8-16(2)21(15)25-14-13-24-23(25)19-11-6-10-18-17-9-3-4-12-20(17)26-22(18)19;/h3-10,12-14H,1-2H3;/q-1;. The molecule has 0 unspecified atom stereocenters. The van der Waals surface area contributed by atoms with Gasteiger partial charge in [-0.2, -0.15) is 0 Å². The van der Waals surface area contributed by atoms with E-state index < -0.39 is 0 Å². The number of imidazole rings is 1. The Kier molecular flexibility index (Phi) is 4.47. The van der Waals surface area contributed by atoms with Crippen LogP contribution in [0.1, 0.15) is 11.1 Å². The maximum Gasteiger partial charge on any atom is 0.120 e. The summed E-state index contributed by atoms with van der Waals surface area (Å²) in [5.74, 6) is 0.840. The zero-order chi connectivity index (χ0) is 17.7. The monoisotopic (exact) mass is 530 g/mol. The minimum atomic E-state index is 0. The van der Waals surface area contributed by atoms with E-state index in [1.165, 1.54) is 11.1 Å². The molecule has 2 aromatic heterocycles.